The Morgan fingerprint density at radius 1 is 1.08 bits per heavy atom. The minimum atomic E-state index is -0.591. The monoisotopic (exact) mass is 338 g/mol. The van der Waals surface area contributed by atoms with Gasteiger partial charge >= 0.3 is 6.09 Å². The molecule has 0 spiro atoms. The number of hydrogen-bond acceptors (Lipinski definition) is 3. The van der Waals surface area contributed by atoms with Crippen LogP contribution in [-0.4, -0.2) is 17.6 Å². The summed E-state index contributed by atoms with van der Waals surface area (Å²) in [6, 6.07) is 14.7. The molecule has 0 saturated heterocycles. The normalized spacial score (nSPS) is 16.6. The van der Waals surface area contributed by atoms with Gasteiger partial charge in [0.15, 0.2) is 0 Å². The first kappa shape index (κ1) is 17.0. The molecule has 0 saturated carbocycles. The van der Waals surface area contributed by atoms with Gasteiger partial charge < -0.3 is 4.74 Å². The lowest BCUT2D eigenvalue weighted by Gasteiger charge is -2.26. The highest BCUT2D eigenvalue weighted by Crippen LogP contribution is 2.40. The van der Waals surface area contributed by atoms with E-state index in [9.17, 15) is 9.59 Å². The molecule has 1 atom stereocenters. The highest BCUT2D eigenvalue weighted by Gasteiger charge is 2.35. The van der Waals surface area contributed by atoms with Crippen LogP contribution in [0.25, 0.3) is 0 Å². The van der Waals surface area contributed by atoms with E-state index >= 15 is 0 Å². The van der Waals surface area contributed by atoms with E-state index in [1.165, 1.54) is 0 Å². The molecule has 130 valence electrons. The fraction of sp³-hybridized carbons (Fsp3) is 0.300. The quantitative estimate of drug-likeness (QED) is 0.859. The first-order valence-corrected chi connectivity index (χ1v) is 8.29. The summed E-state index contributed by atoms with van der Waals surface area (Å²) >= 11 is 0. The third-order valence-corrected chi connectivity index (χ3v) is 4.05. The summed E-state index contributed by atoms with van der Waals surface area (Å²) in [6.07, 6.45) is -0.545. The van der Waals surface area contributed by atoms with E-state index in [1.54, 1.807) is 31.7 Å². The molecule has 2 amide bonds. The molecule has 5 heteroatoms. The molecular formula is C20H22N2O3. The van der Waals surface area contributed by atoms with Gasteiger partial charge in [0.1, 0.15) is 5.60 Å². The largest absolute Gasteiger partial charge is 0.444 e. The average molecular weight is 338 g/mol. The molecule has 0 fully saturated rings. The Bertz CT molecular complexity index is 824. The minimum Gasteiger partial charge on any atom is -0.444 e. The fourth-order valence-corrected chi connectivity index (χ4v) is 3.02. The topological polar surface area (TPSA) is 58.6 Å². The summed E-state index contributed by atoms with van der Waals surface area (Å²) < 4.78 is 5.32. The van der Waals surface area contributed by atoms with Crippen LogP contribution in [0.4, 0.5) is 16.2 Å². The van der Waals surface area contributed by atoms with Gasteiger partial charge in [0.25, 0.3) is 5.91 Å². The molecule has 1 aliphatic rings. The molecule has 0 aromatic heterocycles. The number of nitrogens with one attached hydrogen (secondary N) is 1. The summed E-state index contributed by atoms with van der Waals surface area (Å²) in [7, 11) is 0. The van der Waals surface area contributed by atoms with Crippen molar-refractivity contribution in [2.45, 2.75) is 39.3 Å². The molecule has 0 unspecified atom stereocenters. The zero-order valence-electron chi connectivity index (χ0n) is 14.9. The number of anilines is 2. The molecule has 0 bridgehead atoms. The Balaban J connectivity index is 1.92. The Morgan fingerprint density at radius 3 is 2.40 bits per heavy atom. The average Bonchev–Trinajstić information content (AvgIpc) is 2.78. The zero-order chi connectivity index (χ0) is 18.2. The van der Waals surface area contributed by atoms with Crippen LogP contribution in [0, 0.1) is 0 Å². The number of carbonyl (C=O) groups excluding carboxylic acids is 2. The van der Waals surface area contributed by atoms with Crippen LogP contribution in [0.3, 0.4) is 0 Å². The second kappa shape index (κ2) is 6.24. The number of fused-ring (bicyclic) bond motifs is 1. The molecule has 2 aromatic rings. The molecule has 5 nitrogen and oxygen atoms in total. The summed E-state index contributed by atoms with van der Waals surface area (Å²) in [6.45, 7) is 7.40. The maximum atomic E-state index is 12.9. The van der Waals surface area contributed by atoms with E-state index < -0.39 is 11.7 Å². The summed E-state index contributed by atoms with van der Waals surface area (Å²) in [5, 5.41) is 2.76. The van der Waals surface area contributed by atoms with Crippen LogP contribution in [0.1, 0.15) is 49.7 Å². The van der Waals surface area contributed by atoms with Gasteiger partial charge in [0, 0.05) is 5.56 Å². The maximum absolute atomic E-state index is 12.9. The van der Waals surface area contributed by atoms with Crippen molar-refractivity contribution < 1.29 is 14.3 Å². The highest BCUT2D eigenvalue weighted by atomic mass is 16.6. The van der Waals surface area contributed by atoms with Crippen molar-refractivity contribution in [3.05, 3.63) is 59.7 Å². The molecule has 2 aromatic carbocycles. The number of benzene rings is 2. The van der Waals surface area contributed by atoms with Gasteiger partial charge in [-0.2, -0.15) is 0 Å². The van der Waals surface area contributed by atoms with Gasteiger partial charge in [0.05, 0.1) is 17.4 Å². The Morgan fingerprint density at radius 2 is 1.72 bits per heavy atom. The van der Waals surface area contributed by atoms with Crippen LogP contribution in [0.5, 0.6) is 0 Å². The van der Waals surface area contributed by atoms with Crippen LogP contribution in [0.2, 0.25) is 0 Å². The maximum Gasteiger partial charge on any atom is 0.412 e. The number of hydrogen-bond donors (Lipinski definition) is 1. The molecule has 25 heavy (non-hydrogen) atoms. The van der Waals surface area contributed by atoms with E-state index in [1.807, 2.05) is 49.4 Å². The molecule has 1 N–H and O–H groups in total. The van der Waals surface area contributed by atoms with Gasteiger partial charge in [-0.05, 0) is 51.5 Å². The standard InChI is InChI=1S/C20H22N2O3/c1-13-14-9-5-6-10-15(14)18(23)22(13)17-12-8-7-11-16(17)21-19(24)25-20(2,3)4/h5-13H,1-4H3,(H,21,24)/t13-/m1/s1. The molecule has 1 heterocycles. The van der Waals surface area contributed by atoms with Gasteiger partial charge in [-0.3, -0.25) is 15.0 Å². The molecule has 1 aliphatic heterocycles. The molecular weight excluding hydrogens is 316 g/mol. The predicted molar refractivity (Wildman–Crippen MR) is 98.0 cm³/mol. The SMILES string of the molecule is C[C@@H]1c2ccccc2C(=O)N1c1ccccc1NC(=O)OC(C)(C)C. The van der Waals surface area contributed by atoms with Crippen LogP contribution < -0.4 is 10.2 Å². The van der Waals surface area contributed by atoms with Crippen molar-refractivity contribution in [3.63, 3.8) is 0 Å². The highest BCUT2D eigenvalue weighted by molar-refractivity contribution is 6.13. The number of para-hydroxylation sites is 2. The van der Waals surface area contributed by atoms with Gasteiger partial charge in [-0.15, -0.1) is 0 Å². The van der Waals surface area contributed by atoms with Crippen molar-refractivity contribution in [1.29, 1.82) is 0 Å². The summed E-state index contributed by atoms with van der Waals surface area (Å²) in [4.78, 5) is 26.7. The van der Waals surface area contributed by atoms with Gasteiger partial charge in [0.2, 0.25) is 0 Å². The summed E-state index contributed by atoms with van der Waals surface area (Å²) in [5.74, 6) is -0.0680. The Labute approximate surface area is 147 Å². The molecule has 0 aliphatic carbocycles. The van der Waals surface area contributed by atoms with E-state index in [0.717, 1.165) is 5.56 Å². The third-order valence-electron chi connectivity index (χ3n) is 4.05. The lowest BCUT2D eigenvalue weighted by atomic mass is 10.1. The second-order valence-corrected chi connectivity index (χ2v) is 7.08. The Hall–Kier alpha value is -2.82. The Kier molecular flexibility index (Phi) is 4.25. The summed E-state index contributed by atoms with van der Waals surface area (Å²) in [5.41, 5.74) is 2.29. The molecule has 0 radical (unpaired) electrons. The number of nitrogens with zero attached hydrogens (tertiary/aromatic N) is 1. The predicted octanol–water partition coefficient (Wildman–Crippen LogP) is 4.76. The number of carbonyl (C=O) groups is 2. The minimum absolute atomic E-state index is 0.0680. The van der Waals surface area contributed by atoms with Crippen molar-refractivity contribution in [2.24, 2.45) is 0 Å². The number of amides is 2. The second-order valence-electron chi connectivity index (χ2n) is 7.08. The number of ether oxygens (including phenoxy) is 1. The van der Waals surface area contributed by atoms with Gasteiger partial charge in [-0.1, -0.05) is 30.3 Å². The van der Waals surface area contributed by atoms with E-state index in [4.69, 9.17) is 4.74 Å². The van der Waals surface area contributed by atoms with E-state index in [2.05, 4.69) is 5.32 Å². The van der Waals surface area contributed by atoms with Crippen molar-refractivity contribution in [1.82, 2.24) is 0 Å². The number of rotatable bonds is 2. The lowest BCUT2D eigenvalue weighted by molar-refractivity contribution is 0.0635. The molecule has 3 rings (SSSR count). The van der Waals surface area contributed by atoms with Crippen molar-refractivity contribution >= 4 is 23.4 Å². The first-order valence-electron chi connectivity index (χ1n) is 8.29. The van der Waals surface area contributed by atoms with Gasteiger partial charge in [-0.25, -0.2) is 4.79 Å². The van der Waals surface area contributed by atoms with Crippen molar-refractivity contribution in [2.75, 3.05) is 10.2 Å². The first-order chi connectivity index (χ1) is 11.8. The zero-order valence-corrected chi connectivity index (χ0v) is 14.9. The van der Waals surface area contributed by atoms with E-state index in [-0.39, 0.29) is 11.9 Å². The fourth-order valence-electron chi connectivity index (χ4n) is 3.02. The third kappa shape index (κ3) is 3.36. The van der Waals surface area contributed by atoms with Crippen molar-refractivity contribution in [3.8, 4) is 0 Å². The van der Waals surface area contributed by atoms with Crippen LogP contribution >= 0.6 is 0 Å². The van der Waals surface area contributed by atoms with E-state index in [0.29, 0.717) is 16.9 Å². The van der Waals surface area contributed by atoms with Crippen LogP contribution in [0.15, 0.2) is 48.5 Å². The smallest absolute Gasteiger partial charge is 0.412 e. The van der Waals surface area contributed by atoms with Crippen LogP contribution in [-0.2, 0) is 4.74 Å². The lowest BCUT2D eigenvalue weighted by Crippen LogP contribution is -2.30.